The van der Waals surface area contributed by atoms with Crippen LogP contribution in [-0.4, -0.2) is 53.9 Å². The minimum absolute atomic E-state index is 0.0564. The third-order valence-electron chi connectivity index (χ3n) is 5.29. The fraction of sp³-hybridized carbons (Fsp3) is 0.591. The molecule has 0 radical (unpaired) electrons. The number of carbonyl (C=O) groups is 3. The predicted octanol–water partition coefficient (Wildman–Crippen LogP) is 0.747. The normalized spacial score (nSPS) is 15.6. The summed E-state index contributed by atoms with van der Waals surface area (Å²) in [5.74, 6) is -3.13. The monoisotopic (exact) mass is 474 g/mol. The Morgan fingerprint density at radius 3 is 2.09 bits per heavy atom. The van der Waals surface area contributed by atoms with Crippen LogP contribution in [-0.2, 0) is 27.1 Å². The summed E-state index contributed by atoms with van der Waals surface area (Å²) >= 11 is 0. The van der Waals surface area contributed by atoms with Crippen LogP contribution in [0, 0.1) is 11.8 Å². The standard InChI is InChI=1S/C22H33F3N4O4/c1-12(2)20(32)18(10-27)29-21(33)15(13(3)30)8-19(31)17(9-26)28-11-14-6-4-5-7-16(14)22(23,24)25/h4-7,12-13,15,17-18,28,30H,8-11,26-27H2,1-3H3,(H,29,33)/t13-,15-,17-,18-/m0/s1. The Hall–Kier alpha value is -2.34. The van der Waals surface area contributed by atoms with E-state index in [1.165, 1.54) is 25.1 Å². The van der Waals surface area contributed by atoms with Crippen molar-refractivity contribution in [2.75, 3.05) is 13.1 Å². The van der Waals surface area contributed by atoms with Crippen molar-refractivity contribution < 1.29 is 32.7 Å². The first-order valence-corrected chi connectivity index (χ1v) is 10.7. The highest BCUT2D eigenvalue weighted by molar-refractivity contribution is 5.94. The summed E-state index contributed by atoms with van der Waals surface area (Å²) < 4.78 is 39.5. The number of halogens is 3. The first-order chi connectivity index (χ1) is 15.3. The molecule has 0 spiro atoms. The van der Waals surface area contributed by atoms with Gasteiger partial charge in [0.25, 0.3) is 0 Å². The molecule has 1 amide bonds. The van der Waals surface area contributed by atoms with E-state index in [1.54, 1.807) is 13.8 Å². The van der Waals surface area contributed by atoms with Gasteiger partial charge in [0.15, 0.2) is 11.6 Å². The summed E-state index contributed by atoms with van der Waals surface area (Å²) in [6.45, 7) is 3.99. The molecule has 33 heavy (non-hydrogen) atoms. The van der Waals surface area contributed by atoms with Crippen molar-refractivity contribution in [3.63, 3.8) is 0 Å². The number of hydrogen-bond donors (Lipinski definition) is 5. The Bertz CT molecular complexity index is 815. The quantitative estimate of drug-likeness (QED) is 0.283. The van der Waals surface area contributed by atoms with Gasteiger partial charge in [0.2, 0.25) is 5.91 Å². The van der Waals surface area contributed by atoms with Gasteiger partial charge >= 0.3 is 6.18 Å². The first-order valence-electron chi connectivity index (χ1n) is 10.7. The second-order valence-corrected chi connectivity index (χ2v) is 8.20. The van der Waals surface area contributed by atoms with E-state index in [1.807, 2.05) is 0 Å². The van der Waals surface area contributed by atoms with Crippen LogP contribution in [0.3, 0.4) is 0 Å². The number of carbonyl (C=O) groups excluding carboxylic acids is 3. The Morgan fingerprint density at radius 1 is 1.03 bits per heavy atom. The van der Waals surface area contributed by atoms with Crippen LogP contribution in [0.2, 0.25) is 0 Å². The SMILES string of the molecule is CC(C)C(=O)[C@H](CN)NC(=O)[C@@H](CC(=O)[C@H](CN)NCc1ccccc1C(F)(F)F)[C@H](C)O. The highest BCUT2D eigenvalue weighted by Gasteiger charge is 2.34. The Kier molecular flexibility index (Phi) is 11.1. The van der Waals surface area contributed by atoms with E-state index in [9.17, 15) is 32.7 Å². The molecule has 4 atom stereocenters. The van der Waals surface area contributed by atoms with E-state index in [0.717, 1.165) is 6.07 Å². The lowest BCUT2D eigenvalue weighted by molar-refractivity contribution is -0.138. The number of nitrogens with one attached hydrogen (secondary N) is 2. The molecule has 1 aromatic carbocycles. The van der Waals surface area contributed by atoms with Gasteiger partial charge in [0.1, 0.15) is 0 Å². The van der Waals surface area contributed by atoms with E-state index >= 15 is 0 Å². The summed E-state index contributed by atoms with van der Waals surface area (Å²) in [6.07, 6.45) is -6.21. The lowest BCUT2D eigenvalue weighted by atomic mass is 9.92. The summed E-state index contributed by atoms with van der Waals surface area (Å²) in [6, 6.07) is 2.95. The lowest BCUT2D eigenvalue weighted by Gasteiger charge is -2.25. The number of alkyl halides is 3. The molecule has 0 bridgehead atoms. The Labute approximate surface area is 191 Å². The van der Waals surface area contributed by atoms with Gasteiger partial charge in [0.05, 0.1) is 29.7 Å². The van der Waals surface area contributed by atoms with Crippen molar-refractivity contribution in [2.45, 2.75) is 58.1 Å². The molecule has 11 heteroatoms. The molecule has 0 heterocycles. The number of ketones is 2. The number of Topliss-reactive ketones (excluding diaryl/α,β-unsaturated/α-hetero) is 2. The maximum atomic E-state index is 13.2. The first kappa shape index (κ1) is 28.7. The molecular formula is C22H33F3N4O4. The van der Waals surface area contributed by atoms with Crippen LogP contribution in [0.15, 0.2) is 24.3 Å². The second kappa shape index (κ2) is 12.8. The number of hydrogen-bond acceptors (Lipinski definition) is 7. The van der Waals surface area contributed by atoms with Crippen LogP contribution in [0.25, 0.3) is 0 Å². The van der Waals surface area contributed by atoms with E-state index in [0.29, 0.717) is 0 Å². The molecule has 0 aliphatic heterocycles. The van der Waals surface area contributed by atoms with Crippen LogP contribution >= 0.6 is 0 Å². The molecule has 0 saturated heterocycles. The van der Waals surface area contributed by atoms with E-state index in [2.05, 4.69) is 10.6 Å². The Morgan fingerprint density at radius 2 is 1.61 bits per heavy atom. The third kappa shape index (κ3) is 8.50. The van der Waals surface area contributed by atoms with Crippen molar-refractivity contribution >= 4 is 17.5 Å². The zero-order valence-electron chi connectivity index (χ0n) is 19.0. The maximum Gasteiger partial charge on any atom is 0.416 e. The number of amides is 1. The number of aliphatic hydroxyl groups is 1. The van der Waals surface area contributed by atoms with Gasteiger partial charge in [-0.25, -0.2) is 0 Å². The minimum atomic E-state index is -4.55. The minimum Gasteiger partial charge on any atom is -0.393 e. The van der Waals surface area contributed by atoms with E-state index < -0.39 is 54.0 Å². The lowest BCUT2D eigenvalue weighted by Crippen LogP contribution is -2.52. The summed E-state index contributed by atoms with van der Waals surface area (Å²) in [5.41, 5.74) is 10.3. The molecule has 0 aliphatic carbocycles. The van der Waals surface area contributed by atoms with Gasteiger partial charge in [-0.2, -0.15) is 13.2 Å². The number of rotatable bonds is 13. The fourth-order valence-electron chi connectivity index (χ4n) is 3.28. The molecule has 0 saturated carbocycles. The Balaban J connectivity index is 2.89. The van der Waals surface area contributed by atoms with Crippen molar-refractivity contribution in [1.82, 2.24) is 10.6 Å². The average molecular weight is 475 g/mol. The van der Waals surface area contributed by atoms with Crippen LogP contribution < -0.4 is 22.1 Å². The maximum absolute atomic E-state index is 13.2. The van der Waals surface area contributed by atoms with Gasteiger partial charge in [-0.15, -0.1) is 0 Å². The topological polar surface area (TPSA) is 148 Å². The molecule has 0 aromatic heterocycles. The van der Waals surface area contributed by atoms with Gasteiger partial charge in [-0.3, -0.25) is 14.4 Å². The number of benzene rings is 1. The fourth-order valence-corrected chi connectivity index (χ4v) is 3.28. The molecule has 1 rings (SSSR count). The van der Waals surface area contributed by atoms with Crippen molar-refractivity contribution in [3.05, 3.63) is 35.4 Å². The summed E-state index contributed by atoms with van der Waals surface area (Å²) in [5, 5.41) is 15.2. The van der Waals surface area contributed by atoms with Crippen LogP contribution in [0.1, 0.15) is 38.3 Å². The van der Waals surface area contributed by atoms with Crippen molar-refractivity contribution in [1.29, 1.82) is 0 Å². The molecule has 186 valence electrons. The van der Waals surface area contributed by atoms with Crippen LogP contribution in [0.5, 0.6) is 0 Å². The second-order valence-electron chi connectivity index (χ2n) is 8.20. The molecule has 7 N–H and O–H groups in total. The zero-order chi connectivity index (χ0) is 25.3. The summed E-state index contributed by atoms with van der Waals surface area (Å²) in [4.78, 5) is 37.6. The molecular weight excluding hydrogens is 441 g/mol. The largest absolute Gasteiger partial charge is 0.416 e. The smallest absolute Gasteiger partial charge is 0.393 e. The van der Waals surface area contributed by atoms with Gasteiger partial charge < -0.3 is 27.2 Å². The van der Waals surface area contributed by atoms with Gasteiger partial charge in [-0.05, 0) is 18.6 Å². The van der Waals surface area contributed by atoms with Gasteiger partial charge in [0, 0.05) is 32.0 Å². The molecule has 0 unspecified atom stereocenters. The van der Waals surface area contributed by atoms with E-state index in [4.69, 9.17) is 11.5 Å². The summed E-state index contributed by atoms with van der Waals surface area (Å²) in [7, 11) is 0. The molecule has 8 nitrogen and oxygen atoms in total. The number of nitrogens with two attached hydrogens (primary N) is 2. The highest BCUT2D eigenvalue weighted by Crippen LogP contribution is 2.31. The number of aliphatic hydroxyl groups excluding tert-OH is 1. The van der Waals surface area contributed by atoms with Crippen LogP contribution in [0.4, 0.5) is 13.2 Å². The average Bonchev–Trinajstić information content (AvgIpc) is 2.74. The predicted molar refractivity (Wildman–Crippen MR) is 117 cm³/mol. The highest BCUT2D eigenvalue weighted by atomic mass is 19.4. The zero-order valence-corrected chi connectivity index (χ0v) is 19.0. The van der Waals surface area contributed by atoms with Gasteiger partial charge in [-0.1, -0.05) is 32.0 Å². The molecule has 0 aliphatic rings. The molecule has 0 fully saturated rings. The van der Waals surface area contributed by atoms with Crippen molar-refractivity contribution in [3.8, 4) is 0 Å². The third-order valence-corrected chi connectivity index (χ3v) is 5.29. The van der Waals surface area contributed by atoms with Crippen molar-refractivity contribution in [2.24, 2.45) is 23.3 Å². The van der Waals surface area contributed by atoms with E-state index in [-0.39, 0.29) is 36.9 Å². The molecule has 1 aromatic rings.